The maximum absolute atomic E-state index is 13.5. The number of furan rings is 1. The molecule has 1 N–H and O–H groups in total. The molecule has 2 heterocycles. The summed E-state index contributed by atoms with van der Waals surface area (Å²) in [4.78, 5) is 24.5. The molecule has 0 spiro atoms. The van der Waals surface area contributed by atoms with Crippen LogP contribution in [0.25, 0.3) is 11.0 Å². The van der Waals surface area contributed by atoms with Crippen LogP contribution in [0.15, 0.2) is 73.9 Å². The van der Waals surface area contributed by atoms with E-state index < -0.39 is 44.6 Å². The number of fused-ring (bicyclic) bond motifs is 1. The maximum Gasteiger partial charge on any atom is 0.417 e. The first kappa shape index (κ1) is 29.6. The molecule has 1 amide bonds. The van der Waals surface area contributed by atoms with Crippen LogP contribution in [0.3, 0.4) is 0 Å². The molecule has 0 bridgehead atoms. The zero-order chi connectivity index (χ0) is 29.0. The van der Waals surface area contributed by atoms with Crippen molar-refractivity contribution in [3.05, 3.63) is 71.4 Å². The average Bonchev–Trinajstić information content (AvgIpc) is 3.33. The van der Waals surface area contributed by atoms with Gasteiger partial charge in [-0.25, -0.2) is 12.8 Å². The second-order valence-electron chi connectivity index (χ2n) is 8.18. The van der Waals surface area contributed by atoms with Gasteiger partial charge < -0.3 is 9.73 Å². The summed E-state index contributed by atoms with van der Waals surface area (Å²) in [5.74, 6) is -1.22. The van der Waals surface area contributed by atoms with Crippen molar-refractivity contribution in [1.29, 1.82) is 0 Å². The maximum atomic E-state index is 13.5. The van der Waals surface area contributed by atoms with Crippen molar-refractivity contribution in [1.82, 2.24) is 14.6 Å². The van der Waals surface area contributed by atoms with Gasteiger partial charge in [-0.05, 0) is 50.0 Å². The summed E-state index contributed by atoms with van der Waals surface area (Å²) in [7, 11) is -2.86. The van der Waals surface area contributed by atoms with Crippen LogP contribution in [0.4, 0.5) is 17.6 Å². The fraction of sp³-hybridized carbons (Fsp3) is 0.280. The van der Waals surface area contributed by atoms with Gasteiger partial charge >= 0.3 is 6.18 Å². The zero-order valence-corrected chi connectivity index (χ0v) is 22.0. The third-order valence-corrected chi connectivity index (χ3v) is 7.59. The van der Waals surface area contributed by atoms with Crippen LogP contribution in [0.5, 0.6) is 0 Å². The van der Waals surface area contributed by atoms with Gasteiger partial charge in [-0.1, -0.05) is 6.92 Å². The van der Waals surface area contributed by atoms with Gasteiger partial charge in [-0.2, -0.15) is 17.5 Å². The zero-order valence-electron chi connectivity index (χ0n) is 21.2. The van der Waals surface area contributed by atoms with Crippen LogP contribution in [0.2, 0.25) is 0 Å². The summed E-state index contributed by atoms with van der Waals surface area (Å²) in [6.07, 6.45) is -2.48. The number of pyridine rings is 1. The van der Waals surface area contributed by atoms with Gasteiger partial charge in [-0.15, -0.1) is 0 Å². The standard InChI is InChI=1S/C25H25F4N5O4S/c1-5-34(39(36,37)23-11-16-10-18(26)7-9-22(16)38-23)15(2)24(35)33-14-19(30-3)12-21(31-4)20-8-6-17(13-32-20)25(27,28)29/h6-13,15H,3,5,14H2,1-2,4H3,(H,33,35)/b19-12-,31-21?/t15-/m0/s1. The number of rotatable bonds is 10. The van der Waals surface area contributed by atoms with E-state index in [1.54, 1.807) is 6.92 Å². The Balaban J connectivity index is 1.74. The Morgan fingerprint density at radius 2 is 1.97 bits per heavy atom. The number of carbonyl (C=O) groups is 1. The Morgan fingerprint density at radius 1 is 1.26 bits per heavy atom. The first-order valence-corrected chi connectivity index (χ1v) is 12.9. The number of alkyl halides is 3. The highest BCUT2D eigenvalue weighted by atomic mass is 32.2. The molecule has 0 aliphatic rings. The van der Waals surface area contributed by atoms with Crippen molar-refractivity contribution in [2.24, 2.45) is 9.98 Å². The van der Waals surface area contributed by atoms with Crippen LogP contribution >= 0.6 is 0 Å². The SMILES string of the molecule is C=N/C(=C\C(=NC)c1ccc(C(F)(F)F)cn1)CNC(=O)[C@H](C)N(CC)S(=O)(=O)c1cc2cc(F)ccc2o1. The number of benzene rings is 1. The molecule has 3 aromatic rings. The Labute approximate surface area is 222 Å². The van der Waals surface area contributed by atoms with E-state index in [2.05, 4.69) is 27.0 Å². The first-order valence-electron chi connectivity index (χ1n) is 11.5. The van der Waals surface area contributed by atoms with Crippen molar-refractivity contribution in [3.63, 3.8) is 0 Å². The number of nitrogens with one attached hydrogen (secondary N) is 1. The van der Waals surface area contributed by atoms with Gasteiger partial charge in [0, 0.05) is 31.2 Å². The van der Waals surface area contributed by atoms with Crippen LogP contribution in [-0.4, -0.2) is 62.2 Å². The summed E-state index contributed by atoms with van der Waals surface area (Å²) in [5, 5.41) is 2.38. The smallest absolute Gasteiger partial charge is 0.417 e. The summed E-state index contributed by atoms with van der Waals surface area (Å²) < 4.78 is 84.7. The number of halogens is 4. The molecule has 0 saturated carbocycles. The molecule has 3 rings (SSSR count). The molecular weight excluding hydrogens is 542 g/mol. The summed E-state index contributed by atoms with van der Waals surface area (Å²) in [6.45, 7) is 6.10. The molecular formula is C25H25F4N5O4S. The quantitative estimate of drug-likeness (QED) is 0.291. The van der Waals surface area contributed by atoms with E-state index in [-0.39, 0.29) is 41.2 Å². The minimum atomic E-state index is -4.54. The second kappa shape index (κ2) is 11.9. The second-order valence-corrected chi connectivity index (χ2v) is 10.0. The lowest BCUT2D eigenvalue weighted by Gasteiger charge is -2.25. The molecule has 0 aliphatic carbocycles. The number of amides is 1. The van der Waals surface area contributed by atoms with Crippen molar-refractivity contribution in [2.75, 3.05) is 20.1 Å². The molecule has 0 radical (unpaired) electrons. The number of carbonyl (C=O) groups excluding carboxylic acids is 1. The number of aromatic nitrogens is 1. The Hall–Kier alpha value is -3.91. The third-order valence-electron chi connectivity index (χ3n) is 5.69. The first-order chi connectivity index (χ1) is 18.3. The van der Waals surface area contributed by atoms with E-state index in [0.29, 0.717) is 6.20 Å². The topological polar surface area (TPSA) is 117 Å². The molecule has 1 atom stereocenters. The van der Waals surface area contributed by atoms with E-state index >= 15 is 0 Å². The number of sulfonamides is 1. The number of likely N-dealkylation sites (N-methyl/N-ethyl adjacent to an activating group) is 1. The van der Waals surface area contributed by atoms with E-state index in [1.165, 1.54) is 32.2 Å². The monoisotopic (exact) mass is 567 g/mol. The molecule has 0 unspecified atom stereocenters. The molecule has 0 fully saturated rings. The molecule has 208 valence electrons. The van der Waals surface area contributed by atoms with Crippen molar-refractivity contribution in [3.8, 4) is 0 Å². The number of aliphatic imine (C=N–C) groups is 2. The fourth-order valence-electron chi connectivity index (χ4n) is 3.62. The lowest BCUT2D eigenvalue weighted by atomic mass is 10.1. The van der Waals surface area contributed by atoms with Crippen molar-refractivity contribution >= 4 is 39.3 Å². The Morgan fingerprint density at radius 3 is 2.54 bits per heavy atom. The Kier molecular flexibility index (Phi) is 9.02. The fourth-order valence-corrected chi connectivity index (χ4v) is 5.17. The minimum Gasteiger partial charge on any atom is -0.443 e. The van der Waals surface area contributed by atoms with Crippen molar-refractivity contribution in [2.45, 2.75) is 31.2 Å². The van der Waals surface area contributed by atoms with E-state index in [0.717, 1.165) is 28.6 Å². The molecule has 14 heteroatoms. The van der Waals surface area contributed by atoms with Crippen LogP contribution in [0.1, 0.15) is 25.1 Å². The predicted molar refractivity (Wildman–Crippen MR) is 138 cm³/mol. The van der Waals surface area contributed by atoms with Crippen molar-refractivity contribution < 1.29 is 35.2 Å². The third kappa shape index (κ3) is 6.75. The van der Waals surface area contributed by atoms with Gasteiger partial charge in [0.15, 0.2) is 0 Å². The summed E-state index contributed by atoms with van der Waals surface area (Å²) in [6, 6.07) is 5.60. The van der Waals surface area contributed by atoms with Crippen LogP contribution in [-0.2, 0) is 21.0 Å². The molecule has 0 saturated heterocycles. The highest BCUT2D eigenvalue weighted by molar-refractivity contribution is 7.89. The minimum absolute atomic E-state index is 0.0725. The van der Waals surface area contributed by atoms with E-state index in [9.17, 15) is 30.8 Å². The summed E-state index contributed by atoms with van der Waals surface area (Å²) in [5.41, 5.74) is -0.221. The number of allylic oxidation sites excluding steroid dienone is 1. The van der Waals surface area contributed by atoms with E-state index in [4.69, 9.17) is 4.42 Å². The molecule has 39 heavy (non-hydrogen) atoms. The largest absolute Gasteiger partial charge is 0.443 e. The highest BCUT2D eigenvalue weighted by Gasteiger charge is 2.34. The van der Waals surface area contributed by atoms with Gasteiger partial charge in [-0.3, -0.25) is 19.8 Å². The Bertz CT molecular complexity index is 1530. The number of hydrogen-bond donors (Lipinski definition) is 1. The molecule has 9 nitrogen and oxygen atoms in total. The van der Waals surface area contributed by atoms with E-state index in [1.807, 2.05) is 0 Å². The molecule has 2 aromatic heterocycles. The lowest BCUT2D eigenvalue weighted by Crippen LogP contribution is -2.48. The predicted octanol–water partition coefficient (Wildman–Crippen LogP) is 4.20. The normalized spacial score (nSPS) is 14.1. The average molecular weight is 568 g/mol. The van der Waals surface area contributed by atoms with Gasteiger partial charge in [0.1, 0.15) is 17.4 Å². The van der Waals surface area contributed by atoms with Gasteiger partial charge in [0.05, 0.1) is 29.2 Å². The van der Waals surface area contributed by atoms with Crippen LogP contribution < -0.4 is 5.32 Å². The molecule has 0 aliphatic heterocycles. The van der Waals surface area contributed by atoms with Gasteiger partial charge in [0.2, 0.25) is 11.0 Å². The van der Waals surface area contributed by atoms with Crippen LogP contribution in [0, 0.1) is 5.82 Å². The lowest BCUT2D eigenvalue weighted by molar-refractivity contribution is -0.137. The highest BCUT2D eigenvalue weighted by Crippen LogP contribution is 2.29. The van der Waals surface area contributed by atoms with Gasteiger partial charge in [0.25, 0.3) is 10.0 Å². The molecule has 1 aromatic carbocycles. The summed E-state index contributed by atoms with van der Waals surface area (Å²) >= 11 is 0. The number of hydrogen-bond acceptors (Lipinski definition) is 7. The number of nitrogens with zero attached hydrogens (tertiary/aromatic N) is 4.